The first-order valence-electron chi connectivity index (χ1n) is 9.11. The molecule has 0 bridgehead atoms. The van der Waals surface area contributed by atoms with E-state index in [1.54, 1.807) is 7.11 Å². The number of carbonyl (C=O) groups excluding carboxylic acids is 3. The Morgan fingerprint density at radius 1 is 1.17 bits per heavy atom. The van der Waals surface area contributed by atoms with Crippen LogP contribution in [-0.2, 0) is 16.1 Å². The molecule has 2 aromatic heterocycles. The van der Waals surface area contributed by atoms with Crippen LogP contribution in [0.4, 0.5) is 0 Å². The Hall–Kier alpha value is -3.37. The average Bonchev–Trinajstić information content (AvgIpc) is 3.49. The number of carbonyl (C=O) groups is 3. The van der Waals surface area contributed by atoms with Gasteiger partial charge in [-0.3, -0.25) is 14.5 Å². The van der Waals surface area contributed by atoms with Gasteiger partial charge in [0, 0.05) is 20.3 Å². The molecule has 0 saturated heterocycles. The van der Waals surface area contributed by atoms with Gasteiger partial charge in [0.1, 0.15) is 0 Å². The second-order valence-electron chi connectivity index (χ2n) is 6.42. The summed E-state index contributed by atoms with van der Waals surface area (Å²) in [7, 11) is 1.55. The lowest BCUT2D eigenvalue weighted by Crippen LogP contribution is -2.31. The minimum Gasteiger partial charge on any atom is -0.452 e. The van der Waals surface area contributed by atoms with E-state index in [2.05, 4.69) is 10.2 Å². The third kappa shape index (κ3) is 3.87. The molecule has 154 valence electrons. The van der Waals surface area contributed by atoms with Crippen LogP contribution in [0.3, 0.4) is 0 Å². The van der Waals surface area contributed by atoms with Gasteiger partial charge in [0.2, 0.25) is 0 Å². The second kappa shape index (κ2) is 8.56. The summed E-state index contributed by atoms with van der Waals surface area (Å²) in [6.45, 7) is 0.489. The summed E-state index contributed by atoms with van der Waals surface area (Å²) >= 11 is 1.45. The van der Waals surface area contributed by atoms with E-state index in [0.717, 1.165) is 9.78 Å². The first kappa shape index (κ1) is 19.9. The molecule has 3 aromatic rings. The van der Waals surface area contributed by atoms with Crippen LogP contribution in [0.2, 0.25) is 0 Å². The minimum atomic E-state index is -0.660. The molecule has 0 spiro atoms. The van der Waals surface area contributed by atoms with Crippen LogP contribution in [0.1, 0.15) is 43.4 Å². The highest BCUT2D eigenvalue weighted by Crippen LogP contribution is 2.25. The van der Waals surface area contributed by atoms with Gasteiger partial charge in [-0.15, -0.1) is 21.5 Å². The standard InChI is InChI=1S/C20H17N3O6S/c1-27-8-3-7-23-18(24)13-6-5-12(10-14(13)19(23)25)20(26)28-11-16-21-22-17(29-16)15-4-2-9-30-15/h2,4-6,9-10H,3,7-8,11H2,1H3. The highest BCUT2D eigenvalue weighted by Gasteiger charge is 2.35. The molecule has 2 amide bonds. The molecule has 0 unspecified atom stereocenters. The van der Waals surface area contributed by atoms with Gasteiger partial charge in [-0.05, 0) is 36.1 Å². The van der Waals surface area contributed by atoms with Crippen molar-refractivity contribution in [2.45, 2.75) is 13.0 Å². The van der Waals surface area contributed by atoms with Crippen molar-refractivity contribution in [3.63, 3.8) is 0 Å². The number of esters is 1. The molecule has 1 aliphatic rings. The van der Waals surface area contributed by atoms with Gasteiger partial charge in [0.15, 0.2) is 6.61 Å². The van der Waals surface area contributed by atoms with Crippen LogP contribution in [-0.4, -0.2) is 53.1 Å². The van der Waals surface area contributed by atoms with Gasteiger partial charge in [-0.2, -0.15) is 0 Å². The van der Waals surface area contributed by atoms with Gasteiger partial charge in [-0.1, -0.05) is 6.07 Å². The van der Waals surface area contributed by atoms with Crippen LogP contribution in [0.25, 0.3) is 10.8 Å². The fraction of sp³-hybridized carbons (Fsp3) is 0.250. The van der Waals surface area contributed by atoms with E-state index in [9.17, 15) is 14.4 Å². The molecular weight excluding hydrogens is 410 g/mol. The van der Waals surface area contributed by atoms with Gasteiger partial charge in [0.25, 0.3) is 23.6 Å². The zero-order valence-electron chi connectivity index (χ0n) is 16.0. The molecule has 9 nitrogen and oxygen atoms in total. The molecule has 0 atom stereocenters. The Morgan fingerprint density at radius 3 is 2.77 bits per heavy atom. The number of nitrogens with zero attached hydrogens (tertiary/aromatic N) is 3. The molecule has 0 fully saturated rings. The Balaban J connectivity index is 1.41. The molecule has 1 aliphatic heterocycles. The maximum absolute atomic E-state index is 12.6. The van der Waals surface area contributed by atoms with Crippen LogP contribution in [0.5, 0.6) is 0 Å². The summed E-state index contributed by atoms with van der Waals surface area (Å²) in [4.78, 5) is 39.3. The van der Waals surface area contributed by atoms with Crippen molar-refractivity contribution in [3.8, 4) is 10.8 Å². The Morgan fingerprint density at radius 2 is 2.00 bits per heavy atom. The van der Waals surface area contributed by atoms with Crippen LogP contribution >= 0.6 is 11.3 Å². The SMILES string of the molecule is COCCCN1C(=O)c2ccc(C(=O)OCc3nnc(-c4cccs4)o3)cc2C1=O. The third-order valence-electron chi connectivity index (χ3n) is 4.46. The van der Waals surface area contributed by atoms with Crippen molar-refractivity contribution in [3.05, 3.63) is 58.3 Å². The number of thiophene rings is 1. The third-order valence-corrected chi connectivity index (χ3v) is 5.32. The lowest BCUT2D eigenvalue weighted by atomic mass is 10.1. The van der Waals surface area contributed by atoms with Gasteiger partial charge in [-0.25, -0.2) is 4.79 Å². The maximum atomic E-state index is 12.6. The molecule has 0 saturated carbocycles. The Bertz CT molecular complexity index is 1090. The number of fused-ring (bicyclic) bond motifs is 1. The number of hydrogen-bond acceptors (Lipinski definition) is 9. The molecule has 0 aliphatic carbocycles. The number of ether oxygens (including phenoxy) is 2. The summed E-state index contributed by atoms with van der Waals surface area (Å²) in [6.07, 6.45) is 0.536. The van der Waals surface area contributed by atoms with E-state index in [1.807, 2.05) is 17.5 Å². The maximum Gasteiger partial charge on any atom is 0.338 e. The summed E-state index contributed by atoms with van der Waals surface area (Å²) in [5, 5.41) is 9.67. The summed E-state index contributed by atoms with van der Waals surface area (Å²) < 4.78 is 15.6. The van der Waals surface area contributed by atoms with E-state index >= 15 is 0 Å². The Labute approximate surface area is 175 Å². The van der Waals surface area contributed by atoms with Crippen molar-refractivity contribution < 1.29 is 28.3 Å². The topological polar surface area (TPSA) is 112 Å². The predicted octanol–water partition coefficient (Wildman–Crippen LogP) is 2.79. The number of methoxy groups -OCH3 is 1. The van der Waals surface area contributed by atoms with E-state index in [1.165, 1.54) is 29.5 Å². The predicted molar refractivity (Wildman–Crippen MR) is 105 cm³/mol. The first-order chi connectivity index (χ1) is 14.6. The average molecular weight is 427 g/mol. The zero-order chi connectivity index (χ0) is 21.1. The lowest BCUT2D eigenvalue weighted by Gasteiger charge is -2.12. The largest absolute Gasteiger partial charge is 0.452 e. The van der Waals surface area contributed by atoms with Crippen LogP contribution < -0.4 is 0 Å². The van der Waals surface area contributed by atoms with Crippen molar-refractivity contribution in [2.75, 3.05) is 20.3 Å². The molecule has 3 heterocycles. The van der Waals surface area contributed by atoms with Crippen molar-refractivity contribution >= 4 is 29.1 Å². The molecule has 10 heteroatoms. The molecule has 0 radical (unpaired) electrons. The number of rotatable bonds is 8. The second-order valence-corrected chi connectivity index (χ2v) is 7.37. The van der Waals surface area contributed by atoms with Crippen molar-refractivity contribution in [2.24, 2.45) is 0 Å². The van der Waals surface area contributed by atoms with E-state index in [4.69, 9.17) is 13.9 Å². The smallest absolute Gasteiger partial charge is 0.338 e. The quantitative estimate of drug-likeness (QED) is 0.306. The van der Waals surface area contributed by atoms with Crippen molar-refractivity contribution in [1.29, 1.82) is 0 Å². The number of benzene rings is 1. The van der Waals surface area contributed by atoms with Gasteiger partial charge < -0.3 is 13.9 Å². The lowest BCUT2D eigenvalue weighted by molar-refractivity contribution is 0.0438. The van der Waals surface area contributed by atoms with Crippen molar-refractivity contribution in [1.82, 2.24) is 15.1 Å². The monoisotopic (exact) mass is 427 g/mol. The fourth-order valence-corrected chi connectivity index (χ4v) is 3.65. The molecule has 4 rings (SSSR count). The normalized spacial score (nSPS) is 13.0. The minimum absolute atomic E-state index is 0.156. The van der Waals surface area contributed by atoms with Crippen LogP contribution in [0, 0.1) is 0 Å². The van der Waals surface area contributed by atoms with E-state index in [0.29, 0.717) is 18.9 Å². The summed E-state index contributed by atoms with van der Waals surface area (Å²) in [5.74, 6) is -0.960. The molecular formula is C20H17N3O6S. The number of amides is 2. The summed E-state index contributed by atoms with van der Waals surface area (Å²) in [6, 6.07) is 8.00. The zero-order valence-corrected chi connectivity index (χ0v) is 16.8. The number of imide groups is 1. The number of aromatic nitrogens is 2. The summed E-state index contributed by atoms with van der Waals surface area (Å²) in [5.41, 5.74) is 0.614. The molecule has 0 N–H and O–H groups in total. The molecule has 1 aromatic carbocycles. The highest BCUT2D eigenvalue weighted by molar-refractivity contribution is 7.13. The van der Waals surface area contributed by atoms with Crippen LogP contribution in [0.15, 0.2) is 40.1 Å². The first-order valence-corrected chi connectivity index (χ1v) is 9.99. The van der Waals surface area contributed by atoms with Gasteiger partial charge >= 0.3 is 5.97 Å². The molecule has 30 heavy (non-hydrogen) atoms. The number of hydrogen-bond donors (Lipinski definition) is 0. The van der Waals surface area contributed by atoms with E-state index in [-0.39, 0.29) is 41.6 Å². The fourth-order valence-electron chi connectivity index (χ4n) is 3.01. The Kier molecular flexibility index (Phi) is 5.68. The highest BCUT2D eigenvalue weighted by atomic mass is 32.1. The van der Waals surface area contributed by atoms with E-state index < -0.39 is 11.9 Å². The van der Waals surface area contributed by atoms with Gasteiger partial charge in [0.05, 0.1) is 21.6 Å².